The number of methoxy groups -OCH3 is 1. The van der Waals surface area contributed by atoms with Crippen LogP contribution in [0.3, 0.4) is 0 Å². The highest BCUT2D eigenvalue weighted by molar-refractivity contribution is 9.10. The molecule has 2 amide bonds. The Bertz CT molecular complexity index is 744. The maximum absolute atomic E-state index is 11.9. The molecule has 128 valence electrons. The average molecular weight is 413 g/mol. The van der Waals surface area contributed by atoms with Gasteiger partial charge in [-0.1, -0.05) is 0 Å². The van der Waals surface area contributed by atoms with Gasteiger partial charge in [-0.15, -0.1) is 0 Å². The molecule has 1 N–H and O–H groups in total. The van der Waals surface area contributed by atoms with Crippen LogP contribution in [0.15, 0.2) is 26.5 Å². The molecule has 0 fully saturated rings. The Morgan fingerprint density at radius 3 is 2.71 bits per heavy atom. The summed E-state index contributed by atoms with van der Waals surface area (Å²) in [6, 6.07) is 3.61. The van der Waals surface area contributed by atoms with Gasteiger partial charge in [-0.2, -0.15) is 4.99 Å². The zero-order chi connectivity index (χ0) is 17.9. The minimum atomic E-state index is -0.388. The molecule has 1 aromatic rings. The van der Waals surface area contributed by atoms with Crippen molar-refractivity contribution in [3.05, 3.63) is 27.1 Å². The zero-order valence-corrected chi connectivity index (χ0v) is 16.1. The summed E-state index contributed by atoms with van der Waals surface area (Å²) < 4.78 is 11.8. The summed E-state index contributed by atoms with van der Waals surface area (Å²) in [5, 5.41) is 2.79. The van der Waals surface area contributed by atoms with Crippen molar-refractivity contribution in [1.82, 2.24) is 5.32 Å². The molecule has 6 nitrogen and oxygen atoms in total. The van der Waals surface area contributed by atoms with Crippen LogP contribution in [0.5, 0.6) is 11.5 Å². The van der Waals surface area contributed by atoms with Crippen LogP contribution in [0, 0.1) is 0 Å². The molecule has 0 aliphatic carbocycles. The maximum atomic E-state index is 11.9. The summed E-state index contributed by atoms with van der Waals surface area (Å²) in [5.41, 5.74) is 0.755. The second kappa shape index (κ2) is 7.85. The summed E-state index contributed by atoms with van der Waals surface area (Å²) in [7, 11) is 1.55. The number of nitrogens with one attached hydrogen (secondary N) is 1. The normalized spacial score (nSPS) is 15.7. The fraction of sp³-hybridized carbons (Fsp3) is 0.312. The first kappa shape index (κ1) is 18.5. The highest BCUT2D eigenvalue weighted by Crippen LogP contribution is 2.38. The van der Waals surface area contributed by atoms with Gasteiger partial charge in [0.25, 0.3) is 5.91 Å². The number of rotatable bonds is 4. The number of amides is 2. The Kier molecular flexibility index (Phi) is 6.06. The molecule has 1 heterocycles. The largest absolute Gasteiger partial charge is 0.493 e. The van der Waals surface area contributed by atoms with Crippen molar-refractivity contribution in [1.29, 1.82) is 0 Å². The fourth-order valence-electron chi connectivity index (χ4n) is 1.94. The van der Waals surface area contributed by atoms with Crippen LogP contribution in [0.4, 0.5) is 0 Å². The molecule has 1 aliphatic heterocycles. The van der Waals surface area contributed by atoms with Gasteiger partial charge in [-0.05, 0) is 65.3 Å². The van der Waals surface area contributed by atoms with Crippen LogP contribution in [0.2, 0.25) is 0 Å². The molecule has 1 aromatic carbocycles. The summed E-state index contributed by atoms with van der Waals surface area (Å²) in [5.74, 6) is 0.509. The monoisotopic (exact) mass is 412 g/mol. The number of ether oxygens (including phenoxy) is 2. The van der Waals surface area contributed by atoms with Gasteiger partial charge in [0.05, 0.1) is 22.6 Å². The fourth-order valence-corrected chi connectivity index (χ4v) is 3.35. The molecular weight excluding hydrogens is 396 g/mol. The first-order valence-corrected chi connectivity index (χ1v) is 8.75. The third-order valence-corrected chi connectivity index (χ3v) is 4.29. The second-order valence-corrected chi connectivity index (χ2v) is 7.10. The van der Waals surface area contributed by atoms with E-state index in [2.05, 4.69) is 26.2 Å². The van der Waals surface area contributed by atoms with Gasteiger partial charge in [0.2, 0.25) is 5.91 Å². The molecule has 0 unspecified atom stereocenters. The molecule has 24 heavy (non-hydrogen) atoms. The first-order valence-electron chi connectivity index (χ1n) is 7.14. The van der Waals surface area contributed by atoms with E-state index >= 15 is 0 Å². The lowest BCUT2D eigenvalue weighted by Gasteiger charge is -2.16. The Morgan fingerprint density at radius 1 is 1.42 bits per heavy atom. The van der Waals surface area contributed by atoms with Crippen molar-refractivity contribution in [2.24, 2.45) is 4.99 Å². The smallest absolute Gasteiger partial charge is 0.286 e. The van der Waals surface area contributed by atoms with E-state index in [1.54, 1.807) is 19.3 Å². The molecule has 0 bridgehead atoms. The highest BCUT2D eigenvalue weighted by Gasteiger charge is 2.23. The summed E-state index contributed by atoms with van der Waals surface area (Å²) >= 11 is 4.58. The lowest BCUT2D eigenvalue weighted by atomic mass is 10.2. The van der Waals surface area contributed by atoms with Gasteiger partial charge < -0.3 is 14.8 Å². The zero-order valence-electron chi connectivity index (χ0n) is 13.7. The molecule has 2 rings (SSSR count). The minimum Gasteiger partial charge on any atom is -0.493 e. The molecule has 8 heteroatoms. The van der Waals surface area contributed by atoms with E-state index < -0.39 is 0 Å². The van der Waals surface area contributed by atoms with E-state index in [9.17, 15) is 9.59 Å². The van der Waals surface area contributed by atoms with Crippen LogP contribution in [0.25, 0.3) is 6.08 Å². The Balaban J connectivity index is 2.29. The third kappa shape index (κ3) is 4.61. The van der Waals surface area contributed by atoms with Crippen LogP contribution < -0.4 is 14.8 Å². The van der Waals surface area contributed by atoms with Gasteiger partial charge in [0.1, 0.15) is 0 Å². The number of amidine groups is 1. The number of carbonyl (C=O) groups excluding carboxylic acids is 2. The van der Waals surface area contributed by atoms with Gasteiger partial charge >= 0.3 is 0 Å². The number of halogens is 1. The number of nitrogens with zero attached hydrogens (tertiary/aromatic N) is 1. The van der Waals surface area contributed by atoms with Crippen LogP contribution in [-0.4, -0.2) is 30.2 Å². The Morgan fingerprint density at radius 2 is 2.12 bits per heavy atom. The van der Waals surface area contributed by atoms with Crippen molar-refractivity contribution in [2.45, 2.75) is 26.9 Å². The number of benzene rings is 1. The van der Waals surface area contributed by atoms with E-state index in [-0.39, 0.29) is 23.1 Å². The lowest BCUT2D eigenvalue weighted by Crippen LogP contribution is -2.23. The molecular formula is C16H17BrN2O4S. The van der Waals surface area contributed by atoms with E-state index in [0.717, 1.165) is 21.8 Å². The van der Waals surface area contributed by atoms with E-state index in [1.807, 2.05) is 19.9 Å². The molecule has 0 aromatic heterocycles. The molecule has 0 radical (unpaired) electrons. The van der Waals surface area contributed by atoms with E-state index in [0.29, 0.717) is 16.4 Å². The molecule has 0 spiro atoms. The maximum Gasteiger partial charge on any atom is 0.286 e. The summed E-state index contributed by atoms with van der Waals surface area (Å²) in [6.45, 7) is 5.22. The summed E-state index contributed by atoms with van der Waals surface area (Å²) in [4.78, 5) is 27.2. The predicted octanol–water partition coefficient (Wildman–Crippen LogP) is 3.35. The SMILES string of the molecule is COc1cc(/C=C2\SC(NC(C)=O)=NC2=O)cc(Br)c1OC(C)C. The minimum absolute atomic E-state index is 0.0000154. The van der Waals surface area contributed by atoms with Gasteiger partial charge in [0, 0.05) is 6.92 Å². The van der Waals surface area contributed by atoms with Crippen molar-refractivity contribution < 1.29 is 19.1 Å². The standard InChI is InChI=1S/C16H17BrN2O4S/c1-8(2)23-14-11(17)5-10(6-12(14)22-4)7-13-15(21)19-16(24-13)18-9(3)20/h5-8H,1-4H3,(H,18,19,20,21)/b13-7-. The predicted molar refractivity (Wildman–Crippen MR) is 98.3 cm³/mol. The number of hydrogen-bond acceptors (Lipinski definition) is 5. The Labute approximate surface area is 152 Å². The van der Waals surface area contributed by atoms with Crippen LogP contribution in [-0.2, 0) is 9.59 Å². The molecule has 0 saturated carbocycles. The van der Waals surface area contributed by atoms with Crippen LogP contribution in [0.1, 0.15) is 26.3 Å². The molecule has 0 atom stereocenters. The van der Waals surface area contributed by atoms with Crippen molar-refractivity contribution in [3.63, 3.8) is 0 Å². The first-order chi connectivity index (χ1) is 11.3. The second-order valence-electron chi connectivity index (χ2n) is 5.21. The number of aliphatic imine (C=N–C) groups is 1. The molecule has 0 saturated heterocycles. The van der Waals surface area contributed by atoms with Gasteiger partial charge in [-0.25, -0.2) is 0 Å². The van der Waals surface area contributed by atoms with E-state index in [4.69, 9.17) is 9.47 Å². The van der Waals surface area contributed by atoms with Crippen LogP contribution >= 0.6 is 27.7 Å². The van der Waals surface area contributed by atoms with Gasteiger partial charge in [0.15, 0.2) is 16.7 Å². The van der Waals surface area contributed by atoms with Crippen molar-refractivity contribution >= 4 is 50.7 Å². The number of hydrogen-bond donors (Lipinski definition) is 1. The topological polar surface area (TPSA) is 77.0 Å². The quantitative estimate of drug-likeness (QED) is 0.767. The van der Waals surface area contributed by atoms with Gasteiger partial charge in [-0.3, -0.25) is 9.59 Å². The van der Waals surface area contributed by atoms with E-state index in [1.165, 1.54) is 6.92 Å². The highest BCUT2D eigenvalue weighted by atomic mass is 79.9. The Hall–Kier alpha value is -1.80. The molecule has 1 aliphatic rings. The van der Waals surface area contributed by atoms with Crippen molar-refractivity contribution in [2.75, 3.05) is 7.11 Å². The number of thioether (sulfide) groups is 1. The average Bonchev–Trinajstić information content (AvgIpc) is 2.80. The summed E-state index contributed by atoms with van der Waals surface area (Å²) in [6.07, 6.45) is 1.69. The number of carbonyl (C=O) groups is 2. The third-order valence-electron chi connectivity index (χ3n) is 2.81. The lowest BCUT2D eigenvalue weighted by molar-refractivity contribution is -0.117. The van der Waals surface area contributed by atoms with Crippen molar-refractivity contribution in [3.8, 4) is 11.5 Å².